The summed E-state index contributed by atoms with van der Waals surface area (Å²) in [6.07, 6.45) is 9.07. The van der Waals surface area contributed by atoms with Crippen molar-refractivity contribution in [3.63, 3.8) is 0 Å². The minimum atomic E-state index is -0.549. The van der Waals surface area contributed by atoms with Gasteiger partial charge in [-0.2, -0.15) is 0 Å². The molecule has 4 rings (SSSR count). The van der Waals surface area contributed by atoms with E-state index in [9.17, 15) is 10.1 Å². The van der Waals surface area contributed by atoms with E-state index >= 15 is 0 Å². The Labute approximate surface area is 102 Å². The van der Waals surface area contributed by atoms with Crippen molar-refractivity contribution in [2.75, 3.05) is 0 Å². The quantitative estimate of drug-likeness (QED) is 0.558. The standard InChI is InChI=1S/C13H21NO3/c1-2-3-12-5-10-4-11(6-12)8-13(7-10,9-12)17-14(15)16/h10-11H,2-9H2,1H3. The van der Waals surface area contributed by atoms with E-state index in [-0.39, 0.29) is 0 Å². The summed E-state index contributed by atoms with van der Waals surface area (Å²) in [5, 5.41) is 10.2. The van der Waals surface area contributed by atoms with Crippen molar-refractivity contribution in [2.24, 2.45) is 17.3 Å². The SMILES string of the molecule is CCCC12CC3CC(C1)CC(O[N+](=O)[O-])(C3)C2. The van der Waals surface area contributed by atoms with Gasteiger partial charge in [-0.25, -0.2) is 0 Å². The third-order valence-electron chi connectivity index (χ3n) is 5.18. The fourth-order valence-corrected chi connectivity index (χ4v) is 5.45. The second-order valence-electron chi connectivity index (χ2n) is 6.71. The largest absolute Gasteiger partial charge is 0.307 e. The first-order valence-corrected chi connectivity index (χ1v) is 6.88. The van der Waals surface area contributed by atoms with Crippen molar-refractivity contribution in [3.05, 3.63) is 10.1 Å². The summed E-state index contributed by atoms with van der Waals surface area (Å²) in [7, 11) is 0. The predicted octanol–water partition coefficient (Wildman–Crippen LogP) is 3.33. The van der Waals surface area contributed by atoms with Crippen molar-refractivity contribution in [3.8, 4) is 0 Å². The summed E-state index contributed by atoms with van der Waals surface area (Å²) >= 11 is 0. The van der Waals surface area contributed by atoms with Gasteiger partial charge in [-0.3, -0.25) is 0 Å². The molecule has 4 nitrogen and oxygen atoms in total. The Morgan fingerprint density at radius 3 is 2.47 bits per heavy atom. The first-order chi connectivity index (χ1) is 8.05. The zero-order chi connectivity index (χ0) is 12.1. The Hall–Kier alpha value is -0.800. The molecule has 0 N–H and O–H groups in total. The van der Waals surface area contributed by atoms with E-state index in [4.69, 9.17) is 4.84 Å². The smallest absolute Gasteiger partial charge is 0.295 e. The fraction of sp³-hybridized carbons (Fsp3) is 1.00. The molecule has 0 radical (unpaired) electrons. The third-order valence-corrected chi connectivity index (χ3v) is 5.18. The van der Waals surface area contributed by atoms with Crippen LogP contribution in [0.15, 0.2) is 0 Å². The molecule has 4 fully saturated rings. The first-order valence-electron chi connectivity index (χ1n) is 6.88. The lowest BCUT2D eigenvalue weighted by atomic mass is 9.47. The van der Waals surface area contributed by atoms with E-state index in [1.54, 1.807) is 0 Å². The number of nitrogens with zero attached hydrogens (tertiary/aromatic N) is 1. The number of rotatable bonds is 4. The minimum Gasteiger partial charge on any atom is -0.307 e. The van der Waals surface area contributed by atoms with Crippen molar-refractivity contribution in [1.82, 2.24) is 0 Å². The maximum atomic E-state index is 10.7. The van der Waals surface area contributed by atoms with Gasteiger partial charge in [-0.1, -0.05) is 13.3 Å². The highest BCUT2D eigenvalue weighted by atomic mass is 17.0. The summed E-state index contributed by atoms with van der Waals surface area (Å²) < 4.78 is 0. The average Bonchev–Trinajstić information content (AvgIpc) is 2.11. The molecule has 0 aromatic carbocycles. The molecule has 0 heterocycles. The van der Waals surface area contributed by atoms with Gasteiger partial charge in [0.2, 0.25) is 0 Å². The lowest BCUT2D eigenvalue weighted by Crippen LogP contribution is -2.57. The van der Waals surface area contributed by atoms with Gasteiger partial charge < -0.3 is 4.84 Å². The minimum absolute atomic E-state index is 0.370. The van der Waals surface area contributed by atoms with Gasteiger partial charge in [-0.15, -0.1) is 10.1 Å². The van der Waals surface area contributed by atoms with Crippen LogP contribution in [-0.2, 0) is 4.84 Å². The lowest BCUT2D eigenvalue weighted by Gasteiger charge is -2.61. The molecule has 96 valence electrons. The van der Waals surface area contributed by atoms with Crippen molar-refractivity contribution in [2.45, 2.75) is 63.9 Å². The molecule has 4 heteroatoms. The fourth-order valence-electron chi connectivity index (χ4n) is 5.45. The van der Waals surface area contributed by atoms with E-state index in [0.717, 1.165) is 19.3 Å². The summed E-state index contributed by atoms with van der Waals surface area (Å²) in [6, 6.07) is 0. The lowest BCUT2D eigenvalue weighted by molar-refractivity contribution is -0.785. The first kappa shape index (κ1) is 11.3. The molecule has 4 aliphatic carbocycles. The van der Waals surface area contributed by atoms with Crippen LogP contribution >= 0.6 is 0 Å². The molecule has 4 aliphatic rings. The summed E-state index contributed by atoms with van der Waals surface area (Å²) in [5.74, 6) is 1.37. The van der Waals surface area contributed by atoms with Gasteiger partial charge in [0.15, 0.2) is 0 Å². The Morgan fingerprint density at radius 1 is 1.29 bits per heavy atom. The molecule has 4 bridgehead atoms. The molecule has 17 heavy (non-hydrogen) atoms. The Kier molecular flexibility index (Phi) is 2.39. The van der Waals surface area contributed by atoms with Gasteiger partial charge in [0.25, 0.3) is 5.09 Å². The summed E-state index contributed by atoms with van der Waals surface area (Å²) in [6.45, 7) is 2.22. The normalized spacial score (nSPS) is 47.1. The molecule has 0 aromatic heterocycles. The van der Waals surface area contributed by atoms with Crippen LogP contribution in [0.4, 0.5) is 0 Å². The van der Waals surface area contributed by atoms with E-state index in [2.05, 4.69) is 6.92 Å². The Bertz CT molecular complexity index is 328. The zero-order valence-corrected chi connectivity index (χ0v) is 10.5. The van der Waals surface area contributed by atoms with Crippen LogP contribution in [0.25, 0.3) is 0 Å². The van der Waals surface area contributed by atoms with Crippen molar-refractivity contribution < 1.29 is 9.92 Å². The van der Waals surface area contributed by atoms with Crippen molar-refractivity contribution in [1.29, 1.82) is 0 Å². The second kappa shape index (κ2) is 3.59. The van der Waals surface area contributed by atoms with E-state index < -0.39 is 10.7 Å². The zero-order valence-electron chi connectivity index (χ0n) is 10.5. The van der Waals surface area contributed by atoms with Gasteiger partial charge in [-0.05, 0) is 62.2 Å². The van der Waals surface area contributed by atoms with Crippen LogP contribution in [0.5, 0.6) is 0 Å². The highest BCUT2D eigenvalue weighted by molar-refractivity contribution is 5.08. The van der Waals surface area contributed by atoms with Gasteiger partial charge in [0.1, 0.15) is 5.60 Å². The van der Waals surface area contributed by atoms with Crippen LogP contribution in [0.3, 0.4) is 0 Å². The molecule has 0 aliphatic heterocycles. The van der Waals surface area contributed by atoms with Crippen LogP contribution in [0, 0.1) is 27.4 Å². The summed E-state index contributed by atoms with van der Waals surface area (Å²) in [4.78, 5) is 15.9. The molecule has 0 spiro atoms. The van der Waals surface area contributed by atoms with Crippen LogP contribution in [0.2, 0.25) is 0 Å². The number of hydrogen-bond acceptors (Lipinski definition) is 3. The monoisotopic (exact) mass is 239 g/mol. The van der Waals surface area contributed by atoms with Crippen LogP contribution in [0.1, 0.15) is 58.3 Å². The molecule has 2 atom stereocenters. The highest BCUT2D eigenvalue weighted by Crippen LogP contribution is 2.64. The van der Waals surface area contributed by atoms with Gasteiger partial charge in [0.05, 0.1) is 0 Å². The summed E-state index contributed by atoms with van der Waals surface area (Å²) in [5.41, 5.74) is -0.0441. The van der Waals surface area contributed by atoms with Crippen molar-refractivity contribution >= 4 is 0 Å². The third kappa shape index (κ3) is 1.81. The second-order valence-corrected chi connectivity index (χ2v) is 6.71. The molecule has 0 amide bonds. The topological polar surface area (TPSA) is 52.4 Å². The van der Waals surface area contributed by atoms with Gasteiger partial charge in [0, 0.05) is 0 Å². The molecule has 4 saturated carbocycles. The maximum Gasteiger partial charge on any atom is 0.295 e. The van der Waals surface area contributed by atoms with E-state index in [1.807, 2.05) is 0 Å². The maximum absolute atomic E-state index is 10.7. The van der Waals surface area contributed by atoms with Crippen LogP contribution in [-0.4, -0.2) is 10.7 Å². The molecular weight excluding hydrogens is 218 g/mol. The van der Waals surface area contributed by atoms with E-state index in [1.165, 1.54) is 32.1 Å². The average molecular weight is 239 g/mol. The Morgan fingerprint density at radius 2 is 1.94 bits per heavy atom. The molecule has 0 aromatic rings. The molecule has 2 unspecified atom stereocenters. The molecular formula is C13H21NO3. The molecule has 0 saturated heterocycles. The van der Waals surface area contributed by atoms with E-state index in [0.29, 0.717) is 17.3 Å². The Balaban J connectivity index is 1.86. The van der Waals surface area contributed by atoms with Crippen LogP contribution < -0.4 is 0 Å². The number of hydrogen-bond donors (Lipinski definition) is 0. The predicted molar refractivity (Wildman–Crippen MR) is 62.8 cm³/mol. The van der Waals surface area contributed by atoms with Gasteiger partial charge >= 0.3 is 0 Å². The highest BCUT2D eigenvalue weighted by Gasteiger charge is 2.59.